The number of hydrogen-bond acceptors (Lipinski definition) is 3. The number of nitrogen functional groups attached to an aromatic ring is 1. The highest BCUT2D eigenvalue weighted by molar-refractivity contribution is 5.66. The number of aromatic amines is 1. The molecule has 78 valence electrons. The number of aromatic nitrogens is 2. The maximum Gasteiger partial charge on any atom is 0.0924 e. The Morgan fingerprint density at radius 2 is 2.13 bits per heavy atom. The predicted octanol–water partition coefficient (Wildman–Crippen LogP) is 1.43. The van der Waals surface area contributed by atoms with Gasteiger partial charge in [0.15, 0.2) is 0 Å². The van der Waals surface area contributed by atoms with Crippen molar-refractivity contribution in [1.82, 2.24) is 10.2 Å². The Kier molecular flexibility index (Phi) is 2.43. The highest BCUT2D eigenvalue weighted by atomic mass is 15.1. The van der Waals surface area contributed by atoms with Crippen LogP contribution >= 0.6 is 0 Å². The van der Waals surface area contributed by atoms with Gasteiger partial charge in [0.05, 0.1) is 5.69 Å². The van der Waals surface area contributed by atoms with Crippen LogP contribution in [-0.4, -0.2) is 10.2 Å². The summed E-state index contributed by atoms with van der Waals surface area (Å²) in [5.74, 6) is 0. The van der Waals surface area contributed by atoms with Crippen LogP contribution in [0.2, 0.25) is 0 Å². The van der Waals surface area contributed by atoms with E-state index in [1.54, 1.807) is 0 Å². The minimum Gasteiger partial charge on any atom is -0.398 e. The third-order valence-corrected chi connectivity index (χ3v) is 2.43. The summed E-state index contributed by atoms with van der Waals surface area (Å²) in [7, 11) is 0. The van der Waals surface area contributed by atoms with E-state index in [1.165, 1.54) is 0 Å². The van der Waals surface area contributed by atoms with Crippen molar-refractivity contribution >= 4 is 5.69 Å². The van der Waals surface area contributed by atoms with Crippen LogP contribution in [0.4, 0.5) is 5.69 Å². The maximum atomic E-state index is 5.83. The smallest absolute Gasteiger partial charge is 0.0924 e. The van der Waals surface area contributed by atoms with Crippen LogP contribution < -0.4 is 11.5 Å². The SMILES string of the molecule is Cc1ccc(-c2cc(CN)[nH]n2)cc1N. The van der Waals surface area contributed by atoms with Crippen molar-refractivity contribution in [3.05, 3.63) is 35.5 Å². The van der Waals surface area contributed by atoms with Crippen molar-refractivity contribution in [2.24, 2.45) is 5.73 Å². The van der Waals surface area contributed by atoms with Crippen molar-refractivity contribution < 1.29 is 0 Å². The molecule has 0 saturated heterocycles. The summed E-state index contributed by atoms with van der Waals surface area (Å²) in [5, 5.41) is 7.04. The topological polar surface area (TPSA) is 80.7 Å². The van der Waals surface area contributed by atoms with Gasteiger partial charge in [0.2, 0.25) is 0 Å². The van der Waals surface area contributed by atoms with Gasteiger partial charge in [0.25, 0.3) is 0 Å². The van der Waals surface area contributed by atoms with Crippen LogP contribution in [0.5, 0.6) is 0 Å². The first-order chi connectivity index (χ1) is 7.20. The average molecular weight is 202 g/mol. The Bertz CT molecular complexity index is 473. The molecule has 1 aromatic carbocycles. The lowest BCUT2D eigenvalue weighted by Crippen LogP contribution is -1.95. The molecule has 4 nitrogen and oxygen atoms in total. The molecule has 0 radical (unpaired) electrons. The van der Waals surface area contributed by atoms with Crippen LogP contribution in [0, 0.1) is 6.92 Å². The first kappa shape index (κ1) is 9.73. The van der Waals surface area contributed by atoms with Crippen molar-refractivity contribution in [3.63, 3.8) is 0 Å². The normalized spacial score (nSPS) is 10.5. The lowest BCUT2D eigenvalue weighted by Gasteiger charge is -2.01. The summed E-state index contributed by atoms with van der Waals surface area (Å²) in [4.78, 5) is 0. The Hall–Kier alpha value is -1.81. The molecule has 0 fully saturated rings. The van der Waals surface area contributed by atoms with E-state index in [9.17, 15) is 0 Å². The maximum absolute atomic E-state index is 5.83. The van der Waals surface area contributed by atoms with Gasteiger partial charge in [0, 0.05) is 23.5 Å². The molecule has 0 aliphatic rings. The molecule has 0 unspecified atom stereocenters. The van der Waals surface area contributed by atoms with Crippen molar-refractivity contribution in [2.75, 3.05) is 5.73 Å². The number of benzene rings is 1. The van der Waals surface area contributed by atoms with E-state index < -0.39 is 0 Å². The van der Waals surface area contributed by atoms with Crippen molar-refractivity contribution in [2.45, 2.75) is 13.5 Å². The van der Waals surface area contributed by atoms with E-state index >= 15 is 0 Å². The first-order valence-electron chi connectivity index (χ1n) is 4.81. The summed E-state index contributed by atoms with van der Waals surface area (Å²) >= 11 is 0. The van der Waals surface area contributed by atoms with E-state index in [4.69, 9.17) is 11.5 Å². The standard InChI is InChI=1S/C11H14N4/c1-7-2-3-8(4-10(7)13)11-5-9(6-12)14-15-11/h2-5H,6,12-13H2,1H3,(H,14,15). The van der Waals surface area contributed by atoms with Crippen molar-refractivity contribution in [1.29, 1.82) is 0 Å². The number of nitrogens with one attached hydrogen (secondary N) is 1. The van der Waals surface area contributed by atoms with E-state index in [-0.39, 0.29) is 0 Å². The van der Waals surface area contributed by atoms with Crippen LogP contribution in [-0.2, 0) is 6.54 Å². The lowest BCUT2D eigenvalue weighted by atomic mass is 10.1. The van der Waals surface area contributed by atoms with Gasteiger partial charge in [-0.2, -0.15) is 5.10 Å². The minimum absolute atomic E-state index is 0.467. The number of H-pyrrole nitrogens is 1. The monoisotopic (exact) mass is 202 g/mol. The minimum atomic E-state index is 0.467. The van der Waals surface area contributed by atoms with Gasteiger partial charge in [-0.25, -0.2) is 0 Å². The summed E-state index contributed by atoms with van der Waals surface area (Å²) < 4.78 is 0. The van der Waals surface area contributed by atoms with Gasteiger partial charge in [0.1, 0.15) is 0 Å². The molecule has 0 spiro atoms. The number of rotatable bonds is 2. The molecule has 0 saturated carbocycles. The van der Waals surface area contributed by atoms with E-state index in [1.807, 2.05) is 31.2 Å². The van der Waals surface area contributed by atoms with Crippen LogP contribution in [0.15, 0.2) is 24.3 Å². The first-order valence-corrected chi connectivity index (χ1v) is 4.81. The molecule has 2 aromatic rings. The molecule has 0 atom stereocenters. The zero-order valence-electron chi connectivity index (χ0n) is 8.62. The van der Waals surface area contributed by atoms with E-state index in [2.05, 4.69) is 10.2 Å². The van der Waals surface area contributed by atoms with E-state index in [0.29, 0.717) is 6.54 Å². The number of aryl methyl sites for hydroxylation is 1. The predicted molar refractivity (Wildman–Crippen MR) is 61.1 cm³/mol. The third kappa shape index (κ3) is 1.85. The van der Waals surface area contributed by atoms with Crippen LogP contribution in [0.1, 0.15) is 11.3 Å². The Morgan fingerprint density at radius 1 is 1.33 bits per heavy atom. The number of anilines is 1. The molecule has 0 amide bonds. The fourth-order valence-corrected chi connectivity index (χ4v) is 1.41. The molecule has 1 heterocycles. The van der Waals surface area contributed by atoms with E-state index in [0.717, 1.165) is 28.2 Å². The quantitative estimate of drug-likeness (QED) is 0.644. The molecule has 0 aliphatic carbocycles. The number of nitrogens with two attached hydrogens (primary N) is 2. The second-order valence-corrected chi connectivity index (χ2v) is 3.55. The summed E-state index contributed by atoms with van der Waals surface area (Å²) in [6, 6.07) is 7.85. The second kappa shape index (κ2) is 3.74. The fourth-order valence-electron chi connectivity index (χ4n) is 1.41. The summed E-state index contributed by atoms with van der Waals surface area (Å²) in [6.45, 7) is 2.45. The number of nitrogens with zero attached hydrogens (tertiary/aromatic N) is 1. The molecule has 15 heavy (non-hydrogen) atoms. The van der Waals surface area contributed by atoms with Crippen molar-refractivity contribution in [3.8, 4) is 11.3 Å². The van der Waals surface area contributed by atoms with Gasteiger partial charge in [-0.15, -0.1) is 0 Å². The second-order valence-electron chi connectivity index (χ2n) is 3.55. The molecule has 2 rings (SSSR count). The highest BCUT2D eigenvalue weighted by Gasteiger charge is 2.04. The third-order valence-electron chi connectivity index (χ3n) is 2.43. The Balaban J connectivity index is 2.40. The molecular weight excluding hydrogens is 188 g/mol. The molecule has 0 bridgehead atoms. The largest absolute Gasteiger partial charge is 0.398 e. The Labute approximate surface area is 88.3 Å². The molecule has 0 aliphatic heterocycles. The van der Waals surface area contributed by atoms with Crippen LogP contribution in [0.25, 0.3) is 11.3 Å². The lowest BCUT2D eigenvalue weighted by molar-refractivity contribution is 0.948. The molecule has 4 heteroatoms. The molecule has 5 N–H and O–H groups in total. The summed E-state index contributed by atoms with van der Waals surface area (Å²) in [6.07, 6.45) is 0. The van der Waals surface area contributed by atoms with Gasteiger partial charge in [-0.1, -0.05) is 12.1 Å². The van der Waals surface area contributed by atoms with Crippen LogP contribution in [0.3, 0.4) is 0 Å². The molecule has 1 aromatic heterocycles. The van der Waals surface area contributed by atoms with Gasteiger partial charge >= 0.3 is 0 Å². The van der Waals surface area contributed by atoms with Gasteiger partial charge < -0.3 is 11.5 Å². The Morgan fingerprint density at radius 3 is 2.73 bits per heavy atom. The zero-order chi connectivity index (χ0) is 10.8. The zero-order valence-corrected chi connectivity index (χ0v) is 8.62. The molecular formula is C11H14N4. The number of hydrogen-bond donors (Lipinski definition) is 3. The van der Waals surface area contributed by atoms with Gasteiger partial charge in [-0.05, 0) is 24.6 Å². The highest BCUT2D eigenvalue weighted by Crippen LogP contribution is 2.22. The summed E-state index contributed by atoms with van der Waals surface area (Å²) in [5.41, 5.74) is 16.0. The van der Waals surface area contributed by atoms with Gasteiger partial charge in [-0.3, -0.25) is 5.10 Å². The average Bonchev–Trinajstić information content (AvgIpc) is 2.70. The fraction of sp³-hybridized carbons (Fsp3) is 0.182.